The third kappa shape index (κ3) is 4.15. The number of nitrogens with one attached hydrogen (secondary N) is 2. The van der Waals surface area contributed by atoms with E-state index < -0.39 is 0 Å². The van der Waals surface area contributed by atoms with E-state index in [1.165, 1.54) is 17.7 Å². The highest BCUT2D eigenvalue weighted by Crippen LogP contribution is 2.24. The Bertz CT molecular complexity index is 649. The van der Waals surface area contributed by atoms with Gasteiger partial charge < -0.3 is 15.0 Å². The van der Waals surface area contributed by atoms with Gasteiger partial charge in [0.25, 0.3) is 5.91 Å². The van der Waals surface area contributed by atoms with Gasteiger partial charge in [-0.2, -0.15) is 0 Å². The van der Waals surface area contributed by atoms with Crippen molar-refractivity contribution in [1.29, 1.82) is 0 Å². The van der Waals surface area contributed by atoms with Gasteiger partial charge in [0.15, 0.2) is 6.54 Å². The van der Waals surface area contributed by atoms with Crippen LogP contribution in [0, 0.1) is 0 Å². The molecule has 2 aromatic carbocycles. The van der Waals surface area contributed by atoms with Crippen LogP contribution in [0.15, 0.2) is 54.6 Å². The van der Waals surface area contributed by atoms with Gasteiger partial charge in [-0.15, -0.1) is 0 Å². The van der Waals surface area contributed by atoms with Crippen LogP contribution in [0.25, 0.3) is 0 Å². The Morgan fingerprint density at radius 3 is 2.29 bits per heavy atom. The first-order valence-corrected chi connectivity index (χ1v) is 8.58. The van der Waals surface area contributed by atoms with E-state index in [1.54, 1.807) is 7.11 Å². The zero-order valence-corrected chi connectivity index (χ0v) is 14.1. The Morgan fingerprint density at radius 2 is 1.67 bits per heavy atom. The van der Waals surface area contributed by atoms with Crippen LogP contribution in [-0.2, 0) is 4.79 Å². The van der Waals surface area contributed by atoms with Crippen LogP contribution in [0.4, 0.5) is 0 Å². The van der Waals surface area contributed by atoms with Crippen molar-refractivity contribution in [1.82, 2.24) is 5.32 Å². The number of methoxy groups -OCH3 is 1. The molecule has 1 fully saturated rings. The maximum atomic E-state index is 12.5. The molecule has 0 spiro atoms. The number of hydrogen-bond acceptors (Lipinski definition) is 2. The Labute approximate surface area is 143 Å². The van der Waals surface area contributed by atoms with Crippen molar-refractivity contribution >= 4 is 5.91 Å². The standard InChI is InChI=1S/C20H24N2O2/c1-24-18-11-9-17(10-12-18)20(16-7-3-2-4-8-16)21-19(23)15-22-13-5-6-14-22/h2-4,7-12,20H,5-6,13-15H2,1H3,(H,21,23)/p+1/t20-/m1/s1. The molecule has 24 heavy (non-hydrogen) atoms. The Balaban J connectivity index is 1.77. The number of likely N-dealkylation sites (tertiary alicyclic amines) is 1. The molecule has 0 unspecified atom stereocenters. The van der Waals surface area contributed by atoms with E-state index >= 15 is 0 Å². The number of amides is 1. The lowest BCUT2D eigenvalue weighted by Gasteiger charge is -2.21. The first kappa shape index (κ1) is 16.5. The van der Waals surface area contributed by atoms with Crippen LogP contribution >= 0.6 is 0 Å². The van der Waals surface area contributed by atoms with E-state index in [0.717, 1.165) is 30.0 Å². The average Bonchev–Trinajstić information content (AvgIpc) is 3.13. The third-order valence-electron chi connectivity index (χ3n) is 4.61. The number of rotatable bonds is 6. The first-order chi connectivity index (χ1) is 11.8. The monoisotopic (exact) mass is 325 g/mol. The van der Waals surface area contributed by atoms with Crippen LogP contribution < -0.4 is 15.0 Å². The van der Waals surface area contributed by atoms with Crippen molar-refractivity contribution in [2.75, 3.05) is 26.7 Å². The highest BCUT2D eigenvalue weighted by Gasteiger charge is 2.22. The van der Waals surface area contributed by atoms with Gasteiger partial charge >= 0.3 is 0 Å². The van der Waals surface area contributed by atoms with Gasteiger partial charge in [0.1, 0.15) is 5.75 Å². The molecule has 1 amide bonds. The van der Waals surface area contributed by atoms with Crippen molar-refractivity contribution in [2.24, 2.45) is 0 Å². The zero-order chi connectivity index (χ0) is 16.8. The predicted molar refractivity (Wildman–Crippen MR) is 94.2 cm³/mol. The molecule has 3 rings (SSSR count). The topological polar surface area (TPSA) is 42.8 Å². The van der Waals surface area contributed by atoms with Crippen molar-refractivity contribution in [3.63, 3.8) is 0 Å². The van der Waals surface area contributed by atoms with Crippen molar-refractivity contribution < 1.29 is 14.4 Å². The first-order valence-electron chi connectivity index (χ1n) is 8.58. The van der Waals surface area contributed by atoms with Crippen LogP contribution in [0.2, 0.25) is 0 Å². The summed E-state index contributed by atoms with van der Waals surface area (Å²) >= 11 is 0. The molecule has 4 nitrogen and oxygen atoms in total. The summed E-state index contributed by atoms with van der Waals surface area (Å²) in [7, 11) is 1.66. The van der Waals surface area contributed by atoms with Crippen LogP contribution in [-0.4, -0.2) is 32.7 Å². The third-order valence-corrected chi connectivity index (χ3v) is 4.61. The lowest BCUT2D eigenvalue weighted by atomic mass is 9.98. The number of quaternary nitrogens is 1. The Hall–Kier alpha value is -2.33. The van der Waals surface area contributed by atoms with Gasteiger partial charge in [0.2, 0.25) is 0 Å². The van der Waals surface area contributed by atoms with Crippen molar-refractivity contribution in [3.8, 4) is 5.75 Å². The van der Waals surface area contributed by atoms with Gasteiger partial charge in [-0.1, -0.05) is 42.5 Å². The number of carbonyl (C=O) groups is 1. The molecule has 0 radical (unpaired) electrons. The van der Waals surface area contributed by atoms with Crippen LogP contribution in [0.5, 0.6) is 5.75 Å². The molecule has 0 saturated carbocycles. The lowest BCUT2D eigenvalue weighted by Crippen LogP contribution is -3.11. The minimum atomic E-state index is -0.133. The van der Waals surface area contributed by atoms with Gasteiger partial charge in [-0.05, 0) is 23.3 Å². The number of benzene rings is 2. The van der Waals surface area contributed by atoms with Gasteiger partial charge in [-0.3, -0.25) is 4.79 Å². The summed E-state index contributed by atoms with van der Waals surface area (Å²) in [5.74, 6) is 0.926. The van der Waals surface area contributed by atoms with Crippen LogP contribution in [0.3, 0.4) is 0 Å². The molecular weight excluding hydrogens is 300 g/mol. The molecule has 0 bridgehead atoms. The average molecular weight is 325 g/mol. The van der Waals surface area contributed by atoms with Gasteiger partial charge in [0, 0.05) is 12.8 Å². The minimum absolute atomic E-state index is 0.108. The molecule has 1 atom stereocenters. The van der Waals surface area contributed by atoms with Crippen molar-refractivity contribution in [3.05, 3.63) is 65.7 Å². The largest absolute Gasteiger partial charge is 0.497 e. The van der Waals surface area contributed by atoms with E-state index in [4.69, 9.17) is 4.74 Å². The SMILES string of the molecule is COc1ccc([C@H](NC(=O)C[NH+]2CCCC2)c2ccccc2)cc1. The molecule has 1 saturated heterocycles. The molecule has 1 heterocycles. The summed E-state index contributed by atoms with van der Waals surface area (Å²) < 4.78 is 5.23. The Kier molecular flexibility index (Phi) is 5.49. The fourth-order valence-corrected chi connectivity index (χ4v) is 3.29. The van der Waals surface area contributed by atoms with Crippen LogP contribution in [0.1, 0.15) is 30.0 Å². The highest BCUT2D eigenvalue weighted by molar-refractivity contribution is 5.78. The molecule has 2 aromatic rings. The second-order valence-electron chi connectivity index (χ2n) is 6.32. The molecule has 0 aromatic heterocycles. The summed E-state index contributed by atoms with van der Waals surface area (Å²) in [5, 5.41) is 3.21. The molecular formula is C20H25N2O2+. The second kappa shape index (κ2) is 7.97. The fraction of sp³-hybridized carbons (Fsp3) is 0.350. The fourth-order valence-electron chi connectivity index (χ4n) is 3.29. The van der Waals surface area contributed by atoms with Gasteiger partial charge in [-0.25, -0.2) is 0 Å². The minimum Gasteiger partial charge on any atom is -0.497 e. The van der Waals surface area contributed by atoms with E-state index in [1.807, 2.05) is 42.5 Å². The second-order valence-corrected chi connectivity index (χ2v) is 6.32. The van der Waals surface area contributed by atoms with E-state index in [2.05, 4.69) is 17.4 Å². The van der Waals surface area contributed by atoms with Gasteiger partial charge in [0.05, 0.1) is 26.2 Å². The molecule has 1 aliphatic rings. The molecule has 0 aliphatic carbocycles. The molecule has 1 aliphatic heterocycles. The van der Waals surface area contributed by atoms with Crippen molar-refractivity contribution in [2.45, 2.75) is 18.9 Å². The maximum Gasteiger partial charge on any atom is 0.275 e. The quantitative estimate of drug-likeness (QED) is 0.847. The molecule has 2 N–H and O–H groups in total. The summed E-state index contributed by atoms with van der Waals surface area (Å²) in [5.41, 5.74) is 2.15. The molecule has 4 heteroatoms. The smallest absolute Gasteiger partial charge is 0.275 e. The van der Waals surface area contributed by atoms with E-state index in [9.17, 15) is 4.79 Å². The summed E-state index contributed by atoms with van der Waals surface area (Å²) in [6.45, 7) is 2.76. The summed E-state index contributed by atoms with van der Waals surface area (Å²) in [6.07, 6.45) is 2.45. The highest BCUT2D eigenvalue weighted by atomic mass is 16.5. The summed E-state index contributed by atoms with van der Waals surface area (Å²) in [6, 6.07) is 17.9. The lowest BCUT2D eigenvalue weighted by molar-refractivity contribution is -0.879. The van der Waals surface area contributed by atoms with E-state index in [-0.39, 0.29) is 11.9 Å². The zero-order valence-electron chi connectivity index (χ0n) is 14.1. The normalized spacial score (nSPS) is 15.9. The predicted octanol–water partition coefficient (Wildman–Crippen LogP) is 1.58. The summed E-state index contributed by atoms with van der Waals surface area (Å²) in [4.78, 5) is 13.9. The molecule has 126 valence electrons. The Morgan fingerprint density at radius 1 is 1.04 bits per heavy atom. The van der Waals surface area contributed by atoms with E-state index in [0.29, 0.717) is 6.54 Å². The number of ether oxygens (including phenoxy) is 1. The number of hydrogen-bond donors (Lipinski definition) is 2. The maximum absolute atomic E-state index is 12.5. The number of carbonyl (C=O) groups excluding carboxylic acids is 1.